The molecular formula is C13H19NO5S. The minimum atomic E-state index is -3.86. The van der Waals surface area contributed by atoms with E-state index < -0.39 is 32.8 Å². The molecule has 0 bridgehead atoms. The van der Waals surface area contributed by atoms with Crippen molar-refractivity contribution in [1.82, 2.24) is 4.72 Å². The van der Waals surface area contributed by atoms with Crippen LogP contribution in [0.15, 0.2) is 17.0 Å². The van der Waals surface area contributed by atoms with Crippen molar-refractivity contribution in [3.63, 3.8) is 0 Å². The number of aromatic carboxylic acids is 1. The van der Waals surface area contributed by atoms with Gasteiger partial charge in [0.15, 0.2) is 0 Å². The molecule has 0 unspecified atom stereocenters. The van der Waals surface area contributed by atoms with Crippen LogP contribution < -0.4 is 4.72 Å². The van der Waals surface area contributed by atoms with Crippen LogP contribution in [0, 0.1) is 6.92 Å². The van der Waals surface area contributed by atoms with Gasteiger partial charge in [0, 0.05) is 5.54 Å². The average Bonchev–Trinajstić information content (AvgIpc) is 2.26. The van der Waals surface area contributed by atoms with E-state index in [2.05, 4.69) is 4.72 Å². The summed E-state index contributed by atoms with van der Waals surface area (Å²) in [4.78, 5) is 10.8. The Balaban J connectivity index is 3.39. The highest BCUT2D eigenvalue weighted by Crippen LogP contribution is 2.26. The largest absolute Gasteiger partial charge is 0.507 e. The predicted molar refractivity (Wildman–Crippen MR) is 74.5 cm³/mol. The number of benzene rings is 1. The highest BCUT2D eigenvalue weighted by atomic mass is 32.2. The number of sulfonamides is 1. The van der Waals surface area contributed by atoms with E-state index in [4.69, 9.17) is 5.11 Å². The molecule has 1 aromatic rings. The molecular weight excluding hydrogens is 282 g/mol. The van der Waals surface area contributed by atoms with Gasteiger partial charge in [0.2, 0.25) is 10.0 Å². The zero-order valence-electron chi connectivity index (χ0n) is 11.9. The SMILES string of the molecule is CCC(C)(C)NS(=O)(=O)c1cc(C(=O)O)c(O)cc1C. The monoisotopic (exact) mass is 301 g/mol. The molecule has 3 N–H and O–H groups in total. The van der Waals surface area contributed by atoms with Crippen molar-refractivity contribution in [2.45, 2.75) is 44.6 Å². The molecule has 1 rings (SSSR count). The lowest BCUT2D eigenvalue weighted by Gasteiger charge is -2.24. The van der Waals surface area contributed by atoms with Gasteiger partial charge >= 0.3 is 5.97 Å². The maximum absolute atomic E-state index is 12.3. The second-order valence-corrected chi connectivity index (χ2v) is 6.93. The molecule has 0 saturated heterocycles. The normalized spacial score (nSPS) is 12.4. The van der Waals surface area contributed by atoms with E-state index in [-0.39, 0.29) is 10.5 Å². The van der Waals surface area contributed by atoms with E-state index in [0.717, 1.165) is 12.1 Å². The smallest absolute Gasteiger partial charge is 0.339 e. The first-order valence-corrected chi connectivity index (χ1v) is 7.59. The molecule has 0 saturated carbocycles. The lowest BCUT2D eigenvalue weighted by Crippen LogP contribution is -2.42. The summed E-state index contributed by atoms with van der Waals surface area (Å²) in [5, 5.41) is 18.5. The molecule has 0 aromatic heterocycles. The van der Waals surface area contributed by atoms with Crippen molar-refractivity contribution in [2.75, 3.05) is 0 Å². The Kier molecular flexibility index (Phi) is 4.45. The maximum Gasteiger partial charge on any atom is 0.339 e. The van der Waals surface area contributed by atoms with Gasteiger partial charge in [-0.15, -0.1) is 0 Å². The molecule has 1 aromatic carbocycles. The summed E-state index contributed by atoms with van der Waals surface area (Å²) < 4.78 is 27.2. The second kappa shape index (κ2) is 5.41. The van der Waals surface area contributed by atoms with Crippen molar-refractivity contribution >= 4 is 16.0 Å². The van der Waals surface area contributed by atoms with Crippen molar-refractivity contribution in [2.24, 2.45) is 0 Å². The number of hydrogen-bond acceptors (Lipinski definition) is 4. The third-order valence-electron chi connectivity index (χ3n) is 3.11. The van der Waals surface area contributed by atoms with Gasteiger partial charge in [-0.2, -0.15) is 0 Å². The van der Waals surface area contributed by atoms with Crippen LogP contribution in [0.5, 0.6) is 5.75 Å². The van der Waals surface area contributed by atoms with Gasteiger partial charge in [-0.1, -0.05) is 6.92 Å². The molecule has 0 radical (unpaired) electrons. The summed E-state index contributed by atoms with van der Waals surface area (Å²) in [6.07, 6.45) is 0.579. The Labute approximate surface area is 118 Å². The number of rotatable bonds is 5. The number of phenols is 1. The first kappa shape index (κ1) is 16.5. The Morgan fingerprint density at radius 3 is 2.35 bits per heavy atom. The first-order valence-electron chi connectivity index (χ1n) is 6.11. The maximum atomic E-state index is 12.3. The molecule has 6 nitrogen and oxygen atoms in total. The van der Waals surface area contributed by atoms with Crippen molar-refractivity contribution < 1.29 is 23.4 Å². The predicted octanol–water partition coefficient (Wildman–Crippen LogP) is 1.87. The zero-order valence-corrected chi connectivity index (χ0v) is 12.7. The molecule has 20 heavy (non-hydrogen) atoms. The minimum Gasteiger partial charge on any atom is -0.507 e. The Morgan fingerprint density at radius 2 is 1.90 bits per heavy atom. The topological polar surface area (TPSA) is 104 Å². The average molecular weight is 301 g/mol. The summed E-state index contributed by atoms with van der Waals surface area (Å²) in [6.45, 7) is 6.81. The van der Waals surface area contributed by atoms with Crippen LogP contribution in [0.25, 0.3) is 0 Å². The van der Waals surface area contributed by atoms with E-state index >= 15 is 0 Å². The van der Waals surface area contributed by atoms with Crippen LogP contribution >= 0.6 is 0 Å². The minimum absolute atomic E-state index is 0.144. The van der Waals surface area contributed by atoms with Gasteiger partial charge in [-0.05, 0) is 44.9 Å². The van der Waals surface area contributed by atoms with Crippen LogP contribution in [0.1, 0.15) is 43.1 Å². The van der Waals surface area contributed by atoms with Crippen LogP contribution in [-0.4, -0.2) is 30.1 Å². The highest BCUT2D eigenvalue weighted by Gasteiger charge is 2.27. The molecule has 0 heterocycles. The standard InChI is InChI=1S/C13H19NO5S/c1-5-13(3,4)14-20(18,19)11-7-9(12(16)17)10(15)6-8(11)2/h6-7,14-15H,5H2,1-4H3,(H,16,17). The number of carbonyl (C=O) groups is 1. The summed E-state index contributed by atoms with van der Waals surface area (Å²) >= 11 is 0. The van der Waals surface area contributed by atoms with Crippen LogP contribution in [0.3, 0.4) is 0 Å². The van der Waals surface area contributed by atoms with Crippen molar-refractivity contribution in [3.05, 3.63) is 23.3 Å². The van der Waals surface area contributed by atoms with Crippen LogP contribution in [0.2, 0.25) is 0 Å². The Hall–Kier alpha value is -1.60. The van der Waals surface area contributed by atoms with Crippen LogP contribution in [0.4, 0.5) is 0 Å². The summed E-state index contributed by atoms with van der Waals surface area (Å²) in [6, 6.07) is 2.11. The third kappa shape index (κ3) is 3.49. The van der Waals surface area contributed by atoms with Gasteiger partial charge in [0.1, 0.15) is 11.3 Å². The fourth-order valence-electron chi connectivity index (χ4n) is 1.62. The molecule has 7 heteroatoms. The number of carboxylic acids is 1. The molecule has 112 valence electrons. The summed E-state index contributed by atoms with van der Waals surface area (Å²) in [5.74, 6) is -1.84. The zero-order chi connectivity index (χ0) is 15.7. The lowest BCUT2D eigenvalue weighted by molar-refractivity contribution is 0.0693. The Morgan fingerprint density at radius 1 is 1.35 bits per heavy atom. The Bertz CT molecular complexity index is 634. The number of hydrogen-bond donors (Lipinski definition) is 3. The van der Waals surface area contributed by atoms with E-state index in [1.54, 1.807) is 13.8 Å². The second-order valence-electron chi connectivity index (χ2n) is 5.28. The van der Waals surface area contributed by atoms with E-state index in [0.29, 0.717) is 6.42 Å². The molecule has 0 atom stereocenters. The fourth-order valence-corrected chi connectivity index (χ4v) is 3.36. The van der Waals surface area contributed by atoms with Gasteiger partial charge < -0.3 is 10.2 Å². The third-order valence-corrected chi connectivity index (χ3v) is 4.95. The number of nitrogens with one attached hydrogen (secondary N) is 1. The van der Waals surface area contributed by atoms with Gasteiger partial charge in [-0.25, -0.2) is 17.9 Å². The number of aromatic hydroxyl groups is 1. The van der Waals surface area contributed by atoms with E-state index in [9.17, 15) is 18.3 Å². The quantitative estimate of drug-likeness (QED) is 0.770. The molecule has 0 amide bonds. The van der Waals surface area contributed by atoms with E-state index in [1.807, 2.05) is 6.92 Å². The fraction of sp³-hybridized carbons (Fsp3) is 0.462. The molecule has 0 spiro atoms. The number of aryl methyl sites for hydroxylation is 1. The first-order chi connectivity index (χ1) is 9.00. The molecule has 0 aliphatic rings. The number of carboxylic acid groups (broad SMARTS) is 1. The van der Waals surface area contributed by atoms with Crippen molar-refractivity contribution in [3.8, 4) is 5.75 Å². The van der Waals surface area contributed by atoms with Crippen LogP contribution in [-0.2, 0) is 10.0 Å². The summed E-state index contributed by atoms with van der Waals surface area (Å²) in [7, 11) is -3.86. The summed E-state index contributed by atoms with van der Waals surface area (Å²) in [5.41, 5.74) is -0.802. The van der Waals surface area contributed by atoms with E-state index in [1.165, 1.54) is 6.92 Å². The lowest BCUT2D eigenvalue weighted by atomic mass is 10.0. The van der Waals surface area contributed by atoms with Gasteiger partial charge in [0.05, 0.1) is 4.90 Å². The van der Waals surface area contributed by atoms with Gasteiger partial charge in [-0.3, -0.25) is 0 Å². The molecule has 0 aliphatic heterocycles. The highest BCUT2D eigenvalue weighted by molar-refractivity contribution is 7.89. The van der Waals surface area contributed by atoms with Gasteiger partial charge in [0.25, 0.3) is 0 Å². The van der Waals surface area contributed by atoms with Crippen molar-refractivity contribution in [1.29, 1.82) is 0 Å². The molecule has 0 fully saturated rings. The molecule has 0 aliphatic carbocycles.